The molecule has 4 aliphatic rings. The molecule has 4 aliphatic carbocycles. The molecule has 0 heterocycles. The van der Waals surface area contributed by atoms with Crippen molar-refractivity contribution in [1.29, 1.82) is 0 Å². The number of fused-ring (bicyclic) bond motifs is 5. The molecule has 0 saturated heterocycles. The highest BCUT2D eigenvalue weighted by Gasteiger charge is 2.63. The van der Waals surface area contributed by atoms with E-state index in [1.165, 1.54) is 25.7 Å². The number of allylic oxidation sites excluding steroid dienone is 5. The van der Waals surface area contributed by atoms with E-state index >= 15 is 0 Å². The molecule has 0 aliphatic heterocycles. The predicted molar refractivity (Wildman–Crippen MR) is 121 cm³/mol. The van der Waals surface area contributed by atoms with Crippen molar-refractivity contribution >= 4 is 17.7 Å². The fourth-order valence-electron chi connectivity index (χ4n) is 7.84. The van der Waals surface area contributed by atoms with Crippen molar-refractivity contribution in [3.63, 3.8) is 0 Å². The summed E-state index contributed by atoms with van der Waals surface area (Å²) in [5.74, 6) is 1.36. The second kappa shape index (κ2) is 8.31. The normalized spacial score (nSPS) is 41.3. The first-order valence-electron chi connectivity index (χ1n) is 12.0. The molecule has 0 bridgehead atoms. The van der Waals surface area contributed by atoms with Crippen LogP contribution in [0.3, 0.4) is 0 Å². The fourth-order valence-corrected chi connectivity index (χ4v) is 7.84. The highest BCUT2D eigenvalue weighted by atomic mass is 16.5. The van der Waals surface area contributed by atoms with E-state index in [1.54, 1.807) is 6.08 Å². The van der Waals surface area contributed by atoms with Crippen LogP contribution in [0.15, 0.2) is 36.0 Å². The van der Waals surface area contributed by atoms with E-state index in [0.29, 0.717) is 23.7 Å². The van der Waals surface area contributed by atoms with Crippen molar-refractivity contribution in [2.75, 3.05) is 7.11 Å². The molecular weight excluding hydrogens is 404 g/mol. The summed E-state index contributed by atoms with van der Waals surface area (Å²) in [6.07, 6.45) is 14.0. The standard InChI is InChI=1S/C27H36O5/c1-16(6-11-25(30)31-5)21-9-10-22-20-8-7-18-14-19(29)12-13-26(18,3)23(20)15-24(27(21,22)4)32-17(2)28/h6,11-14,16,20-24H,7-10,15H2,1-5H3/b11-6+/t16-,20+,21-,22+,23+,24+,26+,27-/m1/s1. The summed E-state index contributed by atoms with van der Waals surface area (Å²) in [5.41, 5.74) is 0.948. The number of ether oxygens (including phenoxy) is 2. The SMILES string of the molecule is COC(=O)/C=C/[C@@H](C)[C@H]1CC[C@H]2[C@@H]3CCC4=CC(=O)C=C[C@]4(C)[C@H]3C[C@H](OC(C)=O)[C@]12C. The van der Waals surface area contributed by atoms with Gasteiger partial charge >= 0.3 is 11.9 Å². The molecule has 3 fully saturated rings. The zero-order valence-electron chi connectivity index (χ0n) is 19.9. The molecule has 0 radical (unpaired) electrons. The van der Waals surface area contributed by atoms with Crippen molar-refractivity contribution in [2.24, 2.45) is 40.4 Å². The van der Waals surface area contributed by atoms with Gasteiger partial charge in [0.15, 0.2) is 5.78 Å². The molecule has 5 heteroatoms. The lowest BCUT2D eigenvalue weighted by Crippen LogP contribution is -2.57. The molecule has 0 spiro atoms. The lowest BCUT2D eigenvalue weighted by Gasteiger charge is -2.59. The smallest absolute Gasteiger partial charge is 0.330 e. The second-order valence-corrected chi connectivity index (χ2v) is 10.7. The first-order valence-corrected chi connectivity index (χ1v) is 12.0. The molecular formula is C27H36O5. The van der Waals surface area contributed by atoms with Gasteiger partial charge in [-0.1, -0.05) is 38.5 Å². The number of methoxy groups -OCH3 is 1. The average molecular weight is 441 g/mol. The first-order chi connectivity index (χ1) is 15.1. The highest BCUT2D eigenvalue weighted by Crippen LogP contribution is 2.67. The van der Waals surface area contributed by atoms with E-state index in [9.17, 15) is 14.4 Å². The molecule has 0 amide bonds. The third kappa shape index (κ3) is 3.58. The Morgan fingerprint density at radius 3 is 2.62 bits per heavy atom. The van der Waals surface area contributed by atoms with Crippen LogP contribution in [-0.4, -0.2) is 30.9 Å². The van der Waals surface area contributed by atoms with Crippen LogP contribution in [0, 0.1) is 40.4 Å². The van der Waals surface area contributed by atoms with Gasteiger partial charge in [-0.2, -0.15) is 0 Å². The van der Waals surface area contributed by atoms with E-state index in [4.69, 9.17) is 9.47 Å². The average Bonchev–Trinajstić information content (AvgIpc) is 3.11. The van der Waals surface area contributed by atoms with Gasteiger partial charge in [0.25, 0.3) is 0 Å². The van der Waals surface area contributed by atoms with Gasteiger partial charge in [-0.3, -0.25) is 9.59 Å². The first kappa shape index (κ1) is 23.0. The van der Waals surface area contributed by atoms with Crippen LogP contribution in [0.25, 0.3) is 0 Å². The summed E-state index contributed by atoms with van der Waals surface area (Å²) in [6, 6.07) is 0. The molecule has 4 rings (SSSR count). The minimum absolute atomic E-state index is 0.0836. The Bertz CT molecular complexity index is 898. The van der Waals surface area contributed by atoms with Gasteiger partial charge in [-0.25, -0.2) is 4.79 Å². The van der Waals surface area contributed by atoms with Crippen LogP contribution in [0.1, 0.15) is 59.8 Å². The van der Waals surface area contributed by atoms with Gasteiger partial charge in [0, 0.05) is 23.8 Å². The molecule has 0 aromatic heterocycles. The molecule has 174 valence electrons. The van der Waals surface area contributed by atoms with Crippen LogP contribution in [0.2, 0.25) is 0 Å². The van der Waals surface area contributed by atoms with Crippen molar-refractivity contribution in [1.82, 2.24) is 0 Å². The molecule has 32 heavy (non-hydrogen) atoms. The van der Waals surface area contributed by atoms with Gasteiger partial charge in [-0.05, 0) is 73.8 Å². The van der Waals surface area contributed by atoms with Gasteiger partial charge in [0.2, 0.25) is 0 Å². The van der Waals surface area contributed by atoms with Crippen molar-refractivity contribution in [3.05, 3.63) is 36.0 Å². The molecule has 0 unspecified atom stereocenters. The van der Waals surface area contributed by atoms with Gasteiger partial charge < -0.3 is 9.47 Å². The zero-order valence-corrected chi connectivity index (χ0v) is 19.9. The van der Waals surface area contributed by atoms with E-state index < -0.39 is 0 Å². The largest absolute Gasteiger partial charge is 0.466 e. The molecule has 3 saturated carbocycles. The van der Waals surface area contributed by atoms with E-state index in [1.807, 2.05) is 12.2 Å². The van der Waals surface area contributed by atoms with E-state index in [0.717, 1.165) is 32.1 Å². The monoisotopic (exact) mass is 440 g/mol. The lowest BCUT2D eigenvalue weighted by molar-refractivity contribution is -0.177. The maximum Gasteiger partial charge on any atom is 0.330 e. The van der Waals surface area contributed by atoms with Crippen LogP contribution in [0.5, 0.6) is 0 Å². The van der Waals surface area contributed by atoms with Crippen LogP contribution in [0.4, 0.5) is 0 Å². The lowest BCUT2D eigenvalue weighted by atomic mass is 9.46. The molecule has 0 aromatic rings. The number of esters is 2. The number of carbonyl (C=O) groups excluding carboxylic acids is 3. The minimum Gasteiger partial charge on any atom is -0.466 e. The zero-order chi connectivity index (χ0) is 23.3. The Labute approximate surface area is 191 Å². The Morgan fingerprint density at radius 2 is 1.94 bits per heavy atom. The maximum atomic E-state index is 12.2. The van der Waals surface area contributed by atoms with Crippen molar-refractivity contribution in [3.8, 4) is 0 Å². The van der Waals surface area contributed by atoms with Crippen molar-refractivity contribution < 1.29 is 23.9 Å². The minimum atomic E-state index is -0.338. The summed E-state index contributed by atoms with van der Waals surface area (Å²) < 4.78 is 10.8. The number of carbonyl (C=O) groups is 3. The molecule has 5 nitrogen and oxygen atoms in total. The van der Waals surface area contributed by atoms with Gasteiger partial charge in [-0.15, -0.1) is 0 Å². The number of rotatable bonds is 4. The number of hydrogen-bond donors (Lipinski definition) is 0. The summed E-state index contributed by atoms with van der Waals surface area (Å²) >= 11 is 0. The third-order valence-electron chi connectivity index (χ3n) is 9.38. The van der Waals surface area contributed by atoms with Gasteiger partial charge in [0.05, 0.1) is 7.11 Å². The number of ketones is 1. The summed E-state index contributed by atoms with van der Waals surface area (Å²) in [5, 5.41) is 0. The molecule has 0 aromatic carbocycles. The Balaban J connectivity index is 1.69. The highest BCUT2D eigenvalue weighted by molar-refractivity contribution is 6.01. The molecule has 8 atom stereocenters. The number of hydrogen-bond acceptors (Lipinski definition) is 5. The quantitative estimate of drug-likeness (QED) is 0.463. The summed E-state index contributed by atoms with van der Waals surface area (Å²) in [4.78, 5) is 35.9. The predicted octanol–water partition coefficient (Wildman–Crippen LogP) is 4.82. The van der Waals surface area contributed by atoms with Crippen LogP contribution in [-0.2, 0) is 23.9 Å². The van der Waals surface area contributed by atoms with Gasteiger partial charge in [0.1, 0.15) is 6.10 Å². The Morgan fingerprint density at radius 1 is 1.19 bits per heavy atom. The Hall–Kier alpha value is -2.17. The fraction of sp³-hybridized carbons (Fsp3) is 0.667. The van der Waals surface area contributed by atoms with Crippen LogP contribution >= 0.6 is 0 Å². The Kier molecular flexibility index (Phi) is 5.98. The third-order valence-corrected chi connectivity index (χ3v) is 9.38. The second-order valence-electron chi connectivity index (χ2n) is 10.7. The topological polar surface area (TPSA) is 69.7 Å². The molecule has 0 N–H and O–H groups in total. The maximum absolute atomic E-state index is 12.2. The van der Waals surface area contributed by atoms with Crippen molar-refractivity contribution in [2.45, 2.75) is 65.9 Å². The van der Waals surface area contributed by atoms with Crippen LogP contribution < -0.4 is 0 Å². The van der Waals surface area contributed by atoms with E-state index in [2.05, 4.69) is 26.8 Å². The summed E-state index contributed by atoms with van der Waals surface area (Å²) in [6.45, 7) is 8.24. The summed E-state index contributed by atoms with van der Waals surface area (Å²) in [7, 11) is 1.39. The van der Waals surface area contributed by atoms with E-state index in [-0.39, 0.29) is 40.6 Å².